The molecule has 3 fully saturated rings. The first kappa shape index (κ1) is 18.5. The zero-order valence-electron chi connectivity index (χ0n) is 14.7. The summed E-state index contributed by atoms with van der Waals surface area (Å²) in [5.41, 5.74) is -1.56. The zero-order chi connectivity index (χ0) is 19.6. The van der Waals surface area contributed by atoms with Gasteiger partial charge < -0.3 is 4.74 Å². The summed E-state index contributed by atoms with van der Waals surface area (Å²) in [6.07, 6.45) is -4.99. The average molecular weight is 393 g/mol. The van der Waals surface area contributed by atoms with E-state index in [0.29, 0.717) is 5.56 Å². The lowest BCUT2D eigenvalue weighted by Crippen LogP contribution is -2.43. The fraction of sp³-hybridized carbons (Fsp3) is 0.765. The van der Waals surface area contributed by atoms with Gasteiger partial charge in [-0.15, -0.1) is 0 Å². The molecule has 0 aliphatic heterocycles. The summed E-state index contributed by atoms with van der Waals surface area (Å²) in [6.45, 7) is 0. The SMILES string of the molecule is Cn1nc(C2(C(F)(F)F)CC2)c(C2CCC2)c1NC(=O)OC1CC(F)(F)C1. The van der Waals surface area contributed by atoms with Crippen molar-refractivity contribution in [1.82, 2.24) is 9.78 Å². The largest absolute Gasteiger partial charge is 0.445 e. The molecule has 3 aliphatic rings. The Bertz CT molecular complexity index is 757. The van der Waals surface area contributed by atoms with Gasteiger partial charge in [-0.3, -0.25) is 10.00 Å². The van der Waals surface area contributed by atoms with Gasteiger partial charge in [-0.25, -0.2) is 13.6 Å². The van der Waals surface area contributed by atoms with E-state index in [1.807, 2.05) is 0 Å². The smallest absolute Gasteiger partial charge is 0.413 e. The number of amides is 1. The van der Waals surface area contributed by atoms with E-state index in [0.717, 1.165) is 19.3 Å². The molecular weight excluding hydrogens is 373 g/mol. The Morgan fingerprint density at radius 2 is 1.89 bits per heavy atom. The third kappa shape index (κ3) is 3.06. The van der Waals surface area contributed by atoms with Gasteiger partial charge in [0.1, 0.15) is 17.3 Å². The zero-order valence-corrected chi connectivity index (χ0v) is 14.7. The van der Waals surface area contributed by atoms with Gasteiger partial charge in [-0.1, -0.05) is 6.42 Å². The second-order valence-electron chi connectivity index (χ2n) is 7.86. The fourth-order valence-corrected chi connectivity index (χ4v) is 3.87. The first-order valence-electron chi connectivity index (χ1n) is 9.02. The number of nitrogens with zero attached hydrogens (tertiary/aromatic N) is 2. The number of alkyl halides is 5. The Hall–Kier alpha value is -1.87. The minimum Gasteiger partial charge on any atom is -0.445 e. The van der Waals surface area contributed by atoms with Crippen LogP contribution in [0.1, 0.15) is 62.1 Å². The number of anilines is 1. The molecule has 4 rings (SSSR count). The van der Waals surface area contributed by atoms with E-state index in [1.54, 1.807) is 0 Å². The Kier molecular flexibility index (Phi) is 3.98. The van der Waals surface area contributed by atoms with Gasteiger partial charge in [0, 0.05) is 25.5 Å². The quantitative estimate of drug-likeness (QED) is 0.759. The van der Waals surface area contributed by atoms with E-state index in [1.165, 1.54) is 11.7 Å². The van der Waals surface area contributed by atoms with Crippen molar-refractivity contribution in [3.05, 3.63) is 11.3 Å². The second kappa shape index (κ2) is 5.81. The van der Waals surface area contributed by atoms with Crippen molar-refractivity contribution in [3.8, 4) is 0 Å². The average Bonchev–Trinajstić information content (AvgIpc) is 3.20. The monoisotopic (exact) mass is 393 g/mol. The van der Waals surface area contributed by atoms with Crippen molar-refractivity contribution in [2.24, 2.45) is 7.05 Å². The number of aromatic nitrogens is 2. The molecule has 27 heavy (non-hydrogen) atoms. The highest BCUT2D eigenvalue weighted by Crippen LogP contribution is 2.61. The molecule has 5 nitrogen and oxygen atoms in total. The van der Waals surface area contributed by atoms with Crippen LogP contribution in [0.2, 0.25) is 0 Å². The predicted molar refractivity (Wildman–Crippen MR) is 84.8 cm³/mol. The first-order valence-corrected chi connectivity index (χ1v) is 9.02. The van der Waals surface area contributed by atoms with Crippen molar-refractivity contribution < 1.29 is 31.5 Å². The Morgan fingerprint density at radius 1 is 1.26 bits per heavy atom. The first-order chi connectivity index (χ1) is 12.5. The number of ether oxygens (including phenoxy) is 1. The maximum absolute atomic E-state index is 13.6. The Labute approximate surface area is 152 Å². The molecule has 150 valence electrons. The van der Waals surface area contributed by atoms with Crippen molar-refractivity contribution in [3.63, 3.8) is 0 Å². The van der Waals surface area contributed by atoms with Gasteiger partial charge in [-0.2, -0.15) is 18.3 Å². The van der Waals surface area contributed by atoms with Crippen molar-refractivity contribution >= 4 is 11.9 Å². The summed E-state index contributed by atoms with van der Waals surface area (Å²) in [5, 5.41) is 6.56. The van der Waals surface area contributed by atoms with E-state index in [9.17, 15) is 26.7 Å². The number of hydrogen-bond acceptors (Lipinski definition) is 3. The minimum atomic E-state index is -4.41. The van der Waals surface area contributed by atoms with E-state index in [2.05, 4.69) is 10.4 Å². The standard InChI is InChI=1S/C17H20F5N3O2/c1-25-13(23-14(26)27-10-7-16(18,19)8-10)11(9-3-2-4-9)12(24-25)15(5-6-15)17(20,21)22/h9-10H,2-8H2,1H3,(H,23,26). The van der Waals surface area contributed by atoms with Crippen LogP contribution in [0.15, 0.2) is 0 Å². The molecule has 3 aliphatic carbocycles. The third-order valence-electron chi connectivity index (χ3n) is 5.89. The fourth-order valence-electron chi connectivity index (χ4n) is 3.87. The highest BCUT2D eigenvalue weighted by molar-refractivity contribution is 5.85. The minimum absolute atomic E-state index is 0.0196. The van der Waals surface area contributed by atoms with Gasteiger partial charge in [-0.05, 0) is 31.6 Å². The van der Waals surface area contributed by atoms with Crippen LogP contribution in [-0.4, -0.2) is 34.1 Å². The van der Waals surface area contributed by atoms with E-state index >= 15 is 0 Å². The van der Waals surface area contributed by atoms with Crippen molar-refractivity contribution in [2.75, 3.05) is 5.32 Å². The third-order valence-corrected chi connectivity index (χ3v) is 5.89. The summed E-state index contributed by atoms with van der Waals surface area (Å²) in [7, 11) is 1.46. The summed E-state index contributed by atoms with van der Waals surface area (Å²) in [4.78, 5) is 12.1. The maximum Gasteiger partial charge on any atom is 0.413 e. The highest BCUT2D eigenvalue weighted by Gasteiger charge is 2.67. The molecule has 1 heterocycles. The molecular formula is C17H20F5N3O2. The molecule has 0 atom stereocenters. The lowest BCUT2D eigenvalue weighted by molar-refractivity contribution is -0.161. The van der Waals surface area contributed by atoms with Gasteiger partial charge >= 0.3 is 12.3 Å². The van der Waals surface area contributed by atoms with Crippen LogP contribution in [0.3, 0.4) is 0 Å². The maximum atomic E-state index is 13.6. The highest BCUT2D eigenvalue weighted by atomic mass is 19.4. The predicted octanol–water partition coefficient (Wildman–Crippen LogP) is 4.63. The number of rotatable bonds is 4. The van der Waals surface area contributed by atoms with Gasteiger partial charge in [0.05, 0.1) is 5.69 Å². The molecule has 0 radical (unpaired) electrons. The lowest BCUT2D eigenvalue weighted by Gasteiger charge is -2.34. The van der Waals surface area contributed by atoms with E-state index in [4.69, 9.17) is 4.74 Å². The van der Waals surface area contributed by atoms with Gasteiger partial charge in [0.2, 0.25) is 0 Å². The normalized spacial score (nSPS) is 24.1. The topological polar surface area (TPSA) is 56.2 Å². The number of aryl methyl sites for hydroxylation is 1. The Morgan fingerprint density at radius 3 is 2.33 bits per heavy atom. The van der Waals surface area contributed by atoms with Crippen LogP contribution in [0.5, 0.6) is 0 Å². The van der Waals surface area contributed by atoms with Crippen molar-refractivity contribution in [1.29, 1.82) is 0 Å². The number of nitrogens with one attached hydrogen (secondary N) is 1. The van der Waals surface area contributed by atoms with Crippen LogP contribution in [-0.2, 0) is 17.2 Å². The van der Waals surface area contributed by atoms with Crippen LogP contribution < -0.4 is 5.32 Å². The molecule has 0 aromatic carbocycles. The molecule has 0 spiro atoms. The molecule has 0 bridgehead atoms. The summed E-state index contributed by atoms with van der Waals surface area (Å²) >= 11 is 0. The lowest BCUT2D eigenvalue weighted by atomic mass is 9.77. The molecule has 1 aromatic rings. The van der Waals surface area contributed by atoms with Crippen LogP contribution >= 0.6 is 0 Å². The molecule has 3 saturated carbocycles. The summed E-state index contributed by atoms with van der Waals surface area (Å²) in [6, 6.07) is 0. The van der Waals surface area contributed by atoms with Crippen LogP contribution in [0.25, 0.3) is 0 Å². The Balaban J connectivity index is 1.58. The second-order valence-corrected chi connectivity index (χ2v) is 7.86. The molecule has 1 amide bonds. The summed E-state index contributed by atoms with van der Waals surface area (Å²) in [5.74, 6) is -2.76. The number of carbonyl (C=O) groups is 1. The molecule has 1 N–H and O–H groups in total. The van der Waals surface area contributed by atoms with Gasteiger partial charge in [0.25, 0.3) is 5.92 Å². The van der Waals surface area contributed by atoms with E-state index in [-0.39, 0.29) is 30.3 Å². The van der Waals surface area contributed by atoms with Crippen molar-refractivity contribution in [2.45, 2.75) is 74.5 Å². The number of halogens is 5. The number of hydrogen-bond donors (Lipinski definition) is 1. The molecule has 0 saturated heterocycles. The van der Waals surface area contributed by atoms with E-state index < -0.39 is 42.6 Å². The van der Waals surface area contributed by atoms with Crippen LogP contribution in [0, 0.1) is 0 Å². The number of carbonyl (C=O) groups excluding carboxylic acids is 1. The summed E-state index contributed by atoms with van der Waals surface area (Å²) < 4.78 is 72.8. The molecule has 10 heteroatoms. The van der Waals surface area contributed by atoms with Gasteiger partial charge in [0.15, 0.2) is 0 Å². The van der Waals surface area contributed by atoms with Crippen LogP contribution in [0.4, 0.5) is 32.6 Å². The molecule has 0 unspecified atom stereocenters. The molecule has 1 aromatic heterocycles.